The van der Waals surface area contributed by atoms with Crippen LogP contribution in [-0.4, -0.2) is 17.0 Å². The van der Waals surface area contributed by atoms with Gasteiger partial charge in [0.05, 0.1) is 6.10 Å². The number of aliphatic hydroxyl groups is 1. The molecule has 4 rings (SSSR count). The Bertz CT molecular complexity index is 587. The van der Waals surface area contributed by atoms with Gasteiger partial charge in [0.2, 0.25) is 0 Å². The lowest BCUT2D eigenvalue weighted by molar-refractivity contribution is -0.112. The van der Waals surface area contributed by atoms with Crippen LogP contribution in [0.1, 0.15) is 59.3 Å². The van der Waals surface area contributed by atoms with Gasteiger partial charge >= 0.3 is 0 Å². The Morgan fingerprint density at radius 2 is 1.91 bits per heavy atom. The quantitative estimate of drug-likeness (QED) is 0.733. The van der Waals surface area contributed by atoms with Crippen molar-refractivity contribution in [2.45, 2.75) is 65.4 Å². The van der Waals surface area contributed by atoms with Gasteiger partial charge in [-0.1, -0.05) is 25.5 Å². The zero-order valence-electron chi connectivity index (χ0n) is 14.1. The fourth-order valence-electron chi connectivity index (χ4n) is 6.46. The highest BCUT2D eigenvalue weighted by atomic mass is 16.3. The van der Waals surface area contributed by atoms with Crippen molar-refractivity contribution in [2.75, 3.05) is 0 Å². The van der Waals surface area contributed by atoms with Crippen LogP contribution in [-0.2, 0) is 4.79 Å². The number of allylic oxidation sites excluding steroid dienone is 4. The van der Waals surface area contributed by atoms with E-state index >= 15 is 0 Å². The topological polar surface area (TPSA) is 37.3 Å². The summed E-state index contributed by atoms with van der Waals surface area (Å²) in [6.45, 7) is 6.65. The fraction of sp³-hybridized carbons (Fsp3) is 0.750. The zero-order chi connectivity index (χ0) is 15.7. The van der Waals surface area contributed by atoms with E-state index in [-0.39, 0.29) is 22.7 Å². The summed E-state index contributed by atoms with van der Waals surface area (Å²) in [5, 5.41) is 10.5. The molecule has 3 fully saturated rings. The van der Waals surface area contributed by atoms with Crippen LogP contribution in [0.15, 0.2) is 23.3 Å². The van der Waals surface area contributed by atoms with Crippen LogP contribution in [0.3, 0.4) is 0 Å². The van der Waals surface area contributed by atoms with Gasteiger partial charge in [-0.25, -0.2) is 0 Å². The van der Waals surface area contributed by atoms with E-state index in [0.29, 0.717) is 11.8 Å². The molecule has 6 atom stereocenters. The Morgan fingerprint density at radius 3 is 2.68 bits per heavy atom. The normalized spacial score (nSPS) is 50.6. The number of aliphatic hydroxyl groups excluding tert-OH is 1. The van der Waals surface area contributed by atoms with Crippen molar-refractivity contribution < 1.29 is 9.90 Å². The molecular formula is C20H28O2. The summed E-state index contributed by atoms with van der Waals surface area (Å²) in [5.74, 6) is 2.25. The van der Waals surface area contributed by atoms with Crippen LogP contribution < -0.4 is 0 Å². The molecule has 1 N–H and O–H groups in total. The highest BCUT2D eigenvalue weighted by molar-refractivity contribution is 6.05. The average molecular weight is 300 g/mol. The minimum absolute atomic E-state index is 0.0791. The van der Waals surface area contributed by atoms with Crippen molar-refractivity contribution in [3.63, 3.8) is 0 Å². The van der Waals surface area contributed by atoms with Crippen LogP contribution in [0.25, 0.3) is 0 Å². The van der Waals surface area contributed by atoms with Gasteiger partial charge in [0, 0.05) is 5.41 Å². The third kappa shape index (κ3) is 1.73. The molecule has 4 aliphatic rings. The standard InChI is InChI=1S/C20H28O2/c1-12-11-20(3)13(10-17(12)21)4-5-14-15-6-7-18(22)19(15,2)9-8-16(14)20/h10-11,14-16,18,22H,4-9H2,1-3H3/t14-,15-,16-,18+,19-,20-/m0/s1. The summed E-state index contributed by atoms with van der Waals surface area (Å²) >= 11 is 0. The molecule has 0 aliphatic heterocycles. The summed E-state index contributed by atoms with van der Waals surface area (Å²) in [6.07, 6.45) is 10.9. The van der Waals surface area contributed by atoms with Gasteiger partial charge in [-0.2, -0.15) is 0 Å². The lowest BCUT2D eigenvalue weighted by Crippen LogP contribution is -2.50. The predicted molar refractivity (Wildman–Crippen MR) is 87.2 cm³/mol. The molecule has 3 saturated carbocycles. The molecule has 120 valence electrons. The van der Waals surface area contributed by atoms with Gasteiger partial charge in [0.15, 0.2) is 5.78 Å². The molecule has 2 heteroatoms. The van der Waals surface area contributed by atoms with Crippen LogP contribution in [0.4, 0.5) is 0 Å². The van der Waals surface area contributed by atoms with Gasteiger partial charge < -0.3 is 5.11 Å². The van der Waals surface area contributed by atoms with Crippen LogP contribution in [0.5, 0.6) is 0 Å². The third-order valence-electron chi connectivity index (χ3n) is 7.81. The summed E-state index contributed by atoms with van der Waals surface area (Å²) in [6, 6.07) is 0. The van der Waals surface area contributed by atoms with Crippen molar-refractivity contribution in [3.8, 4) is 0 Å². The van der Waals surface area contributed by atoms with Crippen LogP contribution in [0, 0.1) is 28.6 Å². The van der Waals surface area contributed by atoms with Crippen molar-refractivity contribution >= 4 is 5.78 Å². The first kappa shape index (κ1) is 14.7. The summed E-state index contributed by atoms with van der Waals surface area (Å²) in [7, 11) is 0. The minimum Gasteiger partial charge on any atom is -0.393 e. The molecule has 0 aromatic heterocycles. The maximum Gasteiger partial charge on any atom is 0.181 e. The second kappa shape index (κ2) is 4.56. The van der Waals surface area contributed by atoms with E-state index in [1.165, 1.54) is 24.8 Å². The van der Waals surface area contributed by atoms with Crippen molar-refractivity contribution in [3.05, 3.63) is 23.3 Å². The Balaban J connectivity index is 1.72. The van der Waals surface area contributed by atoms with E-state index in [1.54, 1.807) is 0 Å². The molecule has 0 radical (unpaired) electrons. The van der Waals surface area contributed by atoms with Crippen molar-refractivity contribution in [1.82, 2.24) is 0 Å². The summed E-state index contributed by atoms with van der Waals surface area (Å²) < 4.78 is 0. The second-order valence-electron chi connectivity index (χ2n) is 8.70. The van der Waals surface area contributed by atoms with Gasteiger partial charge in [0.25, 0.3) is 0 Å². The number of carbonyl (C=O) groups excluding carboxylic acids is 1. The second-order valence-corrected chi connectivity index (χ2v) is 8.70. The number of carbonyl (C=O) groups is 1. The smallest absolute Gasteiger partial charge is 0.181 e. The van der Waals surface area contributed by atoms with Crippen molar-refractivity contribution in [1.29, 1.82) is 0 Å². The van der Waals surface area contributed by atoms with E-state index in [9.17, 15) is 9.90 Å². The Hall–Kier alpha value is -0.890. The number of fused-ring (bicyclic) bond motifs is 5. The van der Waals surface area contributed by atoms with Gasteiger partial charge in [-0.05, 0) is 80.3 Å². The molecule has 2 nitrogen and oxygen atoms in total. The molecule has 0 saturated heterocycles. The van der Waals surface area contributed by atoms with Gasteiger partial charge in [0.1, 0.15) is 0 Å². The molecule has 0 amide bonds. The van der Waals surface area contributed by atoms with E-state index in [0.717, 1.165) is 30.8 Å². The van der Waals surface area contributed by atoms with E-state index in [4.69, 9.17) is 0 Å². The van der Waals surface area contributed by atoms with Gasteiger partial charge in [-0.15, -0.1) is 0 Å². The highest BCUT2D eigenvalue weighted by Gasteiger charge is 2.58. The molecule has 0 bridgehead atoms. The zero-order valence-corrected chi connectivity index (χ0v) is 14.1. The molecular weight excluding hydrogens is 272 g/mol. The fourth-order valence-corrected chi connectivity index (χ4v) is 6.46. The Labute approximate surface area is 133 Å². The summed E-state index contributed by atoms with van der Waals surface area (Å²) in [4.78, 5) is 12.1. The highest BCUT2D eigenvalue weighted by Crippen LogP contribution is 2.64. The van der Waals surface area contributed by atoms with Crippen LogP contribution >= 0.6 is 0 Å². The van der Waals surface area contributed by atoms with E-state index < -0.39 is 0 Å². The number of ketones is 1. The first-order chi connectivity index (χ1) is 10.4. The molecule has 0 unspecified atom stereocenters. The first-order valence-corrected chi connectivity index (χ1v) is 8.99. The van der Waals surface area contributed by atoms with Crippen molar-refractivity contribution in [2.24, 2.45) is 28.6 Å². The first-order valence-electron chi connectivity index (χ1n) is 8.99. The molecule has 0 aromatic rings. The Morgan fingerprint density at radius 1 is 1.14 bits per heavy atom. The minimum atomic E-state index is -0.103. The molecule has 22 heavy (non-hydrogen) atoms. The number of rotatable bonds is 0. The molecule has 0 heterocycles. The SMILES string of the molecule is CC1=C[C@@]2(C)C(=CC1=O)CC[C@H]1[C@@H]3CC[C@@H](O)[C@@]3(C)CC[C@@H]12. The van der Waals surface area contributed by atoms with Gasteiger partial charge in [-0.3, -0.25) is 4.79 Å². The molecule has 4 aliphatic carbocycles. The van der Waals surface area contributed by atoms with E-state index in [2.05, 4.69) is 19.9 Å². The largest absolute Gasteiger partial charge is 0.393 e. The number of hydrogen-bond acceptors (Lipinski definition) is 2. The lowest BCUT2D eigenvalue weighted by atomic mass is 9.48. The van der Waals surface area contributed by atoms with E-state index in [1.807, 2.05) is 13.0 Å². The maximum atomic E-state index is 12.1. The predicted octanol–water partition coefficient (Wildman–Crippen LogP) is 4.05. The monoisotopic (exact) mass is 300 g/mol. The molecule has 0 aromatic carbocycles. The summed E-state index contributed by atoms with van der Waals surface area (Å²) in [5.41, 5.74) is 2.51. The lowest BCUT2D eigenvalue weighted by Gasteiger charge is -2.56. The average Bonchev–Trinajstić information content (AvgIpc) is 2.77. The molecule has 0 spiro atoms. The van der Waals surface area contributed by atoms with Crippen LogP contribution in [0.2, 0.25) is 0 Å². The Kier molecular flexibility index (Phi) is 3.05. The third-order valence-corrected chi connectivity index (χ3v) is 7.81. The maximum absolute atomic E-state index is 12.1. The number of hydrogen-bond donors (Lipinski definition) is 1.